The first kappa shape index (κ1) is 14.8. The zero-order valence-electron chi connectivity index (χ0n) is 10.7. The summed E-state index contributed by atoms with van der Waals surface area (Å²) in [5, 5.41) is 10.1. The number of alkyl halides is 3. The number of anilines is 1. The van der Waals surface area contributed by atoms with Gasteiger partial charge in [0.05, 0.1) is 0 Å². The molecule has 0 aliphatic carbocycles. The van der Waals surface area contributed by atoms with Crippen LogP contribution in [0.25, 0.3) is 0 Å². The van der Waals surface area contributed by atoms with E-state index in [-0.39, 0.29) is 5.56 Å². The molecule has 3 N–H and O–H groups in total. The Morgan fingerprint density at radius 2 is 1.50 bits per heavy atom. The van der Waals surface area contributed by atoms with E-state index in [0.717, 1.165) is 0 Å². The average molecular weight is 261 g/mol. The summed E-state index contributed by atoms with van der Waals surface area (Å²) in [6, 6.07) is 5.15. The zero-order chi connectivity index (χ0) is 14.2. The van der Waals surface area contributed by atoms with Crippen LogP contribution in [-0.2, 0) is 5.60 Å². The molecule has 0 aliphatic rings. The van der Waals surface area contributed by atoms with Crippen LogP contribution in [-0.4, -0.2) is 11.3 Å². The van der Waals surface area contributed by atoms with E-state index in [1.807, 2.05) is 0 Å². The first-order valence-electron chi connectivity index (χ1n) is 5.61. The van der Waals surface area contributed by atoms with Crippen molar-refractivity contribution in [1.82, 2.24) is 0 Å². The van der Waals surface area contributed by atoms with Crippen LogP contribution in [0.1, 0.15) is 32.8 Å². The van der Waals surface area contributed by atoms with Crippen LogP contribution < -0.4 is 5.73 Å². The van der Waals surface area contributed by atoms with E-state index in [1.54, 1.807) is 20.8 Å². The Bertz CT molecular complexity index is 406. The summed E-state index contributed by atoms with van der Waals surface area (Å²) in [5.41, 5.74) is 2.11. The quantitative estimate of drug-likeness (QED) is 0.801. The summed E-state index contributed by atoms with van der Waals surface area (Å²) in [4.78, 5) is 0. The van der Waals surface area contributed by atoms with Crippen LogP contribution >= 0.6 is 0 Å². The molecular formula is C13H18F3NO. The van der Waals surface area contributed by atoms with Crippen molar-refractivity contribution in [3.63, 3.8) is 0 Å². The van der Waals surface area contributed by atoms with Crippen LogP contribution in [0, 0.1) is 5.41 Å². The lowest BCUT2D eigenvalue weighted by Crippen LogP contribution is -2.45. The molecule has 1 rings (SSSR count). The third-order valence-corrected chi connectivity index (χ3v) is 2.64. The maximum absolute atomic E-state index is 13.1. The molecule has 2 nitrogen and oxygen atoms in total. The van der Waals surface area contributed by atoms with Crippen molar-refractivity contribution in [2.45, 2.75) is 39.0 Å². The van der Waals surface area contributed by atoms with Crippen molar-refractivity contribution < 1.29 is 18.3 Å². The van der Waals surface area contributed by atoms with Crippen LogP contribution in [0.5, 0.6) is 0 Å². The number of hydrogen-bond donors (Lipinski definition) is 2. The SMILES string of the molecule is CC(C)(C)CC(O)(c1ccc(N)cc1)C(F)(F)F. The normalized spacial score (nSPS) is 16.4. The molecule has 0 bridgehead atoms. The molecule has 0 saturated carbocycles. The van der Waals surface area contributed by atoms with Crippen LogP contribution in [0.2, 0.25) is 0 Å². The zero-order valence-corrected chi connectivity index (χ0v) is 10.7. The lowest BCUT2D eigenvalue weighted by atomic mass is 9.77. The number of nitrogen functional groups attached to an aromatic ring is 1. The van der Waals surface area contributed by atoms with E-state index < -0.39 is 23.6 Å². The fourth-order valence-corrected chi connectivity index (χ4v) is 1.89. The van der Waals surface area contributed by atoms with Gasteiger partial charge >= 0.3 is 6.18 Å². The van der Waals surface area contributed by atoms with Crippen molar-refractivity contribution in [2.24, 2.45) is 5.41 Å². The molecule has 1 atom stereocenters. The highest BCUT2D eigenvalue weighted by Crippen LogP contribution is 2.46. The molecule has 0 saturated heterocycles. The highest BCUT2D eigenvalue weighted by Gasteiger charge is 2.56. The van der Waals surface area contributed by atoms with Gasteiger partial charge in [0.25, 0.3) is 0 Å². The molecule has 0 aliphatic heterocycles. The van der Waals surface area contributed by atoms with Gasteiger partial charge in [-0.2, -0.15) is 13.2 Å². The van der Waals surface area contributed by atoms with Gasteiger partial charge in [-0.15, -0.1) is 0 Å². The van der Waals surface area contributed by atoms with Crippen molar-refractivity contribution >= 4 is 5.69 Å². The molecule has 102 valence electrons. The first-order valence-corrected chi connectivity index (χ1v) is 5.61. The number of aliphatic hydroxyl groups is 1. The summed E-state index contributed by atoms with van der Waals surface area (Å²) in [6.07, 6.45) is -5.14. The summed E-state index contributed by atoms with van der Waals surface area (Å²) < 4.78 is 39.4. The Kier molecular flexibility index (Phi) is 3.68. The summed E-state index contributed by atoms with van der Waals surface area (Å²) in [6.45, 7) is 4.96. The second-order valence-corrected chi connectivity index (χ2v) is 5.72. The average Bonchev–Trinajstić information content (AvgIpc) is 2.13. The molecule has 5 heteroatoms. The van der Waals surface area contributed by atoms with Gasteiger partial charge < -0.3 is 10.8 Å². The van der Waals surface area contributed by atoms with Gasteiger partial charge in [-0.05, 0) is 29.5 Å². The van der Waals surface area contributed by atoms with E-state index in [2.05, 4.69) is 0 Å². The Morgan fingerprint density at radius 3 is 1.83 bits per heavy atom. The molecule has 1 unspecified atom stereocenters. The third-order valence-electron chi connectivity index (χ3n) is 2.64. The molecule has 0 spiro atoms. The van der Waals surface area contributed by atoms with Crippen LogP contribution in [0.15, 0.2) is 24.3 Å². The van der Waals surface area contributed by atoms with Gasteiger partial charge in [0.2, 0.25) is 0 Å². The summed E-state index contributed by atoms with van der Waals surface area (Å²) >= 11 is 0. The van der Waals surface area contributed by atoms with Crippen LogP contribution in [0.3, 0.4) is 0 Å². The fourth-order valence-electron chi connectivity index (χ4n) is 1.89. The second-order valence-electron chi connectivity index (χ2n) is 5.72. The highest BCUT2D eigenvalue weighted by molar-refractivity contribution is 5.41. The number of nitrogens with two attached hydrogens (primary N) is 1. The van der Waals surface area contributed by atoms with E-state index in [9.17, 15) is 18.3 Å². The lowest BCUT2D eigenvalue weighted by molar-refractivity contribution is -0.276. The maximum Gasteiger partial charge on any atom is 0.421 e. The largest absolute Gasteiger partial charge is 0.421 e. The predicted molar refractivity (Wildman–Crippen MR) is 64.9 cm³/mol. The molecule has 0 aromatic heterocycles. The molecular weight excluding hydrogens is 243 g/mol. The molecule has 0 amide bonds. The third kappa shape index (κ3) is 3.16. The standard InChI is InChI=1S/C13H18F3NO/c1-11(2,3)8-12(18,13(14,15)16)9-4-6-10(17)7-5-9/h4-7,18H,8,17H2,1-3H3. The molecule has 1 aromatic rings. The molecule has 0 heterocycles. The van der Waals surface area contributed by atoms with Crippen molar-refractivity contribution in [2.75, 3.05) is 5.73 Å². The Morgan fingerprint density at radius 1 is 1.06 bits per heavy atom. The smallest absolute Gasteiger partial charge is 0.399 e. The topological polar surface area (TPSA) is 46.2 Å². The minimum Gasteiger partial charge on any atom is -0.399 e. The molecule has 0 fully saturated rings. The van der Waals surface area contributed by atoms with Gasteiger partial charge in [-0.25, -0.2) is 0 Å². The van der Waals surface area contributed by atoms with Gasteiger partial charge in [-0.1, -0.05) is 32.9 Å². The van der Waals surface area contributed by atoms with E-state index in [1.165, 1.54) is 24.3 Å². The fraction of sp³-hybridized carbons (Fsp3) is 0.538. The van der Waals surface area contributed by atoms with Gasteiger partial charge in [-0.3, -0.25) is 0 Å². The maximum atomic E-state index is 13.1. The van der Waals surface area contributed by atoms with Crippen molar-refractivity contribution in [3.8, 4) is 0 Å². The Balaban J connectivity index is 3.25. The number of rotatable bonds is 2. The Hall–Kier alpha value is -1.23. The summed E-state index contributed by atoms with van der Waals surface area (Å²) in [7, 11) is 0. The van der Waals surface area contributed by atoms with Gasteiger partial charge in [0, 0.05) is 5.69 Å². The number of halogens is 3. The lowest BCUT2D eigenvalue weighted by Gasteiger charge is -2.36. The monoisotopic (exact) mass is 261 g/mol. The minimum atomic E-state index is -4.73. The van der Waals surface area contributed by atoms with Gasteiger partial charge in [0.1, 0.15) is 0 Å². The second kappa shape index (κ2) is 4.46. The highest BCUT2D eigenvalue weighted by atomic mass is 19.4. The van der Waals surface area contributed by atoms with Crippen LogP contribution in [0.4, 0.5) is 18.9 Å². The molecule has 18 heavy (non-hydrogen) atoms. The number of benzene rings is 1. The summed E-state index contributed by atoms with van der Waals surface area (Å²) in [5.74, 6) is 0. The van der Waals surface area contributed by atoms with Gasteiger partial charge in [0.15, 0.2) is 5.60 Å². The Labute approximate surface area is 105 Å². The minimum absolute atomic E-state index is 0.181. The van der Waals surface area contributed by atoms with Crippen molar-refractivity contribution in [1.29, 1.82) is 0 Å². The van der Waals surface area contributed by atoms with E-state index >= 15 is 0 Å². The predicted octanol–water partition coefficient (Wildman–Crippen LogP) is 3.45. The van der Waals surface area contributed by atoms with E-state index in [0.29, 0.717) is 5.69 Å². The van der Waals surface area contributed by atoms with E-state index in [4.69, 9.17) is 5.73 Å². The van der Waals surface area contributed by atoms with Crippen molar-refractivity contribution in [3.05, 3.63) is 29.8 Å². The number of hydrogen-bond acceptors (Lipinski definition) is 2. The molecule has 0 radical (unpaired) electrons. The first-order chi connectivity index (χ1) is 7.96. The molecule has 1 aromatic carbocycles.